The summed E-state index contributed by atoms with van der Waals surface area (Å²) in [5.74, 6) is 0. The van der Waals surface area contributed by atoms with Crippen LogP contribution in [0.15, 0.2) is 6.20 Å². The van der Waals surface area contributed by atoms with Crippen LogP contribution in [0.25, 0.3) is 0 Å². The van der Waals surface area contributed by atoms with Gasteiger partial charge in [-0.3, -0.25) is 0 Å². The van der Waals surface area contributed by atoms with Gasteiger partial charge in [0.1, 0.15) is 0 Å². The van der Waals surface area contributed by atoms with Gasteiger partial charge in [0, 0.05) is 30.7 Å². The zero-order chi connectivity index (χ0) is 12.9. The van der Waals surface area contributed by atoms with Crippen LogP contribution in [-0.4, -0.2) is 30.0 Å². The van der Waals surface area contributed by atoms with Crippen LogP contribution in [0.2, 0.25) is 0 Å². The van der Waals surface area contributed by atoms with E-state index < -0.39 is 0 Å². The molecule has 0 aliphatic heterocycles. The van der Waals surface area contributed by atoms with E-state index >= 15 is 0 Å². The highest BCUT2D eigenvalue weighted by molar-refractivity contribution is 7.15. The quantitative estimate of drug-likeness (QED) is 0.844. The predicted octanol–water partition coefficient (Wildman–Crippen LogP) is 3.44. The Bertz CT molecular complexity index is 328. The molecule has 0 fully saturated rings. The van der Waals surface area contributed by atoms with Gasteiger partial charge in [-0.15, -0.1) is 11.3 Å². The molecule has 98 valence electrons. The number of hydrogen-bond donors (Lipinski definition) is 1. The van der Waals surface area contributed by atoms with Crippen LogP contribution in [0.3, 0.4) is 0 Å². The van der Waals surface area contributed by atoms with E-state index in [9.17, 15) is 0 Å². The van der Waals surface area contributed by atoms with Crippen LogP contribution in [0.5, 0.6) is 0 Å². The van der Waals surface area contributed by atoms with Crippen LogP contribution in [-0.2, 0) is 6.54 Å². The summed E-state index contributed by atoms with van der Waals surface area (Å²) in [5, 5.41) is 4.37. The molecular weight excluding hydrogens is 230 g/mol. The molecule has 1 aromatic rings. The first kappa shape index (κ1) is 14.5. The first-order valence-corrected chi connectivity index (χ1v) is 7.09. The highest BCUT2D eigenvalue weighted by Crippen LogP contribution is 2.21. The van der Waals surface area contributed by atoms with Crippen molar-refractivity contribution in [3.8, 4) is 0 Å². The van der Waals surface area contributed by atoms with Crippen molar-refractivity contribution >= 4 is 16.5 Å². The number of rotatable bonds is 6. The molecule has 0 radical (unpaired) electrons. The number of hydrogen-bond acceptors (Lipinski definition) is 4. The lowest BCUT2D eigenvalue weighted by Gasteiger charge is -2.25. The Morgan fingerprint density at radius 1 is 1.41 bits per heavy atom. The van der Waals surface area contributed by atoms with Gasteiger partial charge in [0.05, 0.1) is 0 Å². The third kappa shape index (κ3) is 6.03. The second-order valence-corrected chi connectivity index (χ2v) is 6.91. The zero-order valence-corrected chi connectivity index (χ0v) is 12.5. The molecule has 0 aromatic carbocycles. The molecule has 0 spiro atoms. The minimum atomic E-state index is 0.350. The maximum Gasteiger partial charge on any atom is 0.182 e. The molecule has 1 aromatic heterocycles. The van der Waals surface area contributed by atoms with Crippen molar-refractivity contribution in [2.45, 2.75) is 40.7 Å². The lowest BCUT2D eigenvalue weighted by Crippen LogP contribution is -2.28. The largest absolute Gasteiger partial charge is 0.362 e. The van der Waals surface area contributed by atoms with Crippen LogP contribution in [0.1, 0.15) is 39.0 Å². The monoisotopic (exact) mass is 255 g/mol. The van der Waals surface area contributed by atoms with Crippen molar-refractivity contribution in [1.29, 1.82) is 0 Å². The molecule has 0 aliphatic rings. The Morgan fingerprint density at radius 3 is 2.71 bits per heavy atom. The third-order valence-corrected chi connectivity index (χ3v) is 3.19. The second kappa shape index (κ2) is 6.36. The highest BCUT2D eigenvalue weighted by Gasteiger charge is 2.14. The third-order valence-electron chi connectivity index (χ3n) is 2.25. The van der Waals surface area contributed by atoms with Crippen molar-refractivity contribution in [2.75, 3.05) is 25.5 Å². The van der Waals surface area contributed by atoms with E-state index in [-0.39, 0.29) is 0 Å². The molecule has 1 rings (SSSR count). The summed E-state index contributed by atoms with van der Waals surface area (Å²) in [6.45, 7) is 12.1. The molecule has 1 heterocycles. The average molecular weight is 255 g/mol. The van der Waals surface area contributed by atoms with E-state index in [1.54, 1.807) is 11.3 Å². The van der Waals surface area contributed by atoms with Gasteiger partial charge < -0.3 is 10.2 Å². The Balaban J connectivity index is 2.43. The van der Waals surface area contributed by atoms with Crippen molar-refractivity contribution in [3.63, 3.8) is 0 Å². The lowest BCUT2D eigenvalue weighted by molar-refractivity contribution is 0.222. The van der Waals surface area contributed by atoms with E-state index in [1.807, 2.05) is 6.20 Å². The topological polar surface area (TPSA) is 28.2 Å². The summed E-state index contributed by atoms with van der Waals surface area (Å²) < 4.78 is 0. The van der Waals surface area contributed by atoms with Crippen LogP contribution < -0.4 is 5.32 Å². The van der Waals surface area contributed by atoms with Crippen molar-refractivity contribution in [1.82, 2.24) is 9.88 Å². The standard InChI is InChI=1S/C13H25N3S/c1-6-7-14-12-15-8-11(17-12)9-16(5)10-13(2,3)4/h8H,6-7,9-10H2,1-5H3,(H,14,15). The van der Waals surface area contributed by atoms with E-state index in [2.05, 4.69) is 49.9 Å². The summed E-state index contributed by atoms with van der Waals surface area (Å²) in [5.41, 5.74) is 0.350. The first-order valence-electron chi connectivity index (χ1n) is 6.28. The van der Waals surface area contributed by atoms with Gasteiger partial charge >= 0.3 is 0 Å². The Morgan fingerprint density at radius 2 is 2.12 bits per heavy atom. The number of thiazole rings is 1. The molecule has 0 aliphatic carbocycles. The van der Waals surface area contributed by atoms with Gasteiger partial charge in [-0.2, -0.15) is 0 Å². The van der Waals surface area contributed by atoms with Crippen molar-refractivity contribution in [3.05, 3.63) is 11.1 Å². The second-order valence-electron chi connectivity index (χ2n) is 5.79. The maximum absolute atomic E-state index is 4.38. The molecule has 3 nitrogen and oxygen atoms in total. The molecule has 17 heavy (non-hydrogen) atoms. The fraction of sp³-hybridized carbons (Fsp3) is 0.769. The van der Waals surface area contributed by atoms with Crippen LogP contribution in [0, 0.1) is 5.41 Å². The average Bonchev–Trinajstić information content (AvgIpc) is 2.59. The minimum absolute atomic E-state index is 0.350. The molecule has 4 heteroatoms. The number of aromatic nitrogens is 1. The molecule has 0 saturated heterocycles. The number of nitrogens with zero attached hydrogens (tertiary/aromatic N) is 2. The maximum atomic E-state index is 4.38. The summed E-state index contributed by atoms with van der Waals surface area (Å²) in [7, 11) is 2.17. The van der Waals surface area contributed by atoms with Gasteiger partial charge in [0.15, 0.2) is 5.13 Å². The normalized spacial score (nSPS) is 12.1. The van der Waals surface area contributed by atoms with E-state index in [0.717, 1.165) is 31.2 Å². The number of anilines is 1. The number of nitrogens with one attached hydrogen (secondary N) is 1. The fourth-order valence-electron chi connectivity index (χ4n) is 1.83. The summed E-state index contributed by atoms with van der Waals surface area (Å²) >= 11 is 1.76. The Kier molecular flexibility index (Phi) is 5.40. The SMILES string of the molecule is CCCNc1ncc(CN(C)CC(C)(C)C)s1. The summed E-state index contributed by atoms with van der Waals surface area (Å²) in [6, 6.07) is 0. The van der Waals surface area contributed by atoms with Gasteiger partial charge in [0.25, 0.3) is 0 Å². The van der Waals surface area contributed by atoms with E-state index in [1.165, 1.54) is 4.88 Å². The van der Waals surface area contributed by atoms with Gasteiger partial charge in [-0.05, 0) is 18.9 Å². The van der Waals surface area contributed by atoms with E-state index in [0.29, 0.717) is 5.41 Å². The van der Waals surface area contributed by atoms with Crippen LogP contribution in [0.4, 0.5) is 5.13 Å². The van der Waals surface area contributed by atoms with Crippen molar-refractivity contribution in [2.24, 2.45) is 5.41 Å². The van der Waals surface area contributed by atoms with Crippen LogP contribution >= 0.6 is 11.3 Å². The molecule has 1 N–H and O–H groups in total. The predicted molar refractivity (Wildman–Crippen MR) is 76.7 cm³/mol. The molecular formula is C13H25N3S. The Labute approximate surface area is 109 Å². The summed E-state index contributed by atoms with van der Waals surface area (Å²) in [4.78, 5) is 8.07. The minimum Gasteiger partial charge on any atom is -0.362 e. The Hall–Kier alpha value is -0.610. The van der Waals surface area contributed by atoms with Gasteiger partial charge in [-0.25, -0.2) is 4.98 Å². The molecule has 0 bridgehead atoms. The smallest absolute Gasteiger partial charge is 0.182 e. The summed E-state index contributed by atoms with van der Waals surface area (Å²) in [6.07, 6.45) is 3.13. The lowest BCUT2D eigenvalue weighted by atomic mass is 9.96. The molecule has 0 saturated carbocycles. The molecule has 0 unspecified atom stereocenters. The fourth-order valence-corrected chi connectivity index (χ4v) is 2.74. The van der Waals surface area contributed by atoms with E-state index in [4.69, 9.17) is 0 Å². The first-order chi connectivity index (χ1) is 7.90. The van der Waals surface area contributed by atoms with Crippen molar-refractivity contribution < 1.29 is 0 Å². The molecule has 0 amide bonds. The zero-order valence-electron chi connectivity index (χ0n) is 11.7. The highest BCUT2D eigenvalue weighted by atomic mass is 32.1. The molecule has 0 atom stereocenters. The van der Waals surface area contributed by atoms with Gasteiger partial charge in [0.2, 0.25) is 0 Å². The van der Waals surface area contributed by atoms with Gasteiger partial charge in [-0.1, -0.05) is 27.7 Å².